The van der Waals surface area contributed by atoms with Gasteiger partial charge in [0, 0.05) is 16.5 Å². The van der Waals surface area contributed by atoms with Gasteiger partial charge in [0.15, 0.2) is 0 Å². The summed E-state index contributed by atoms with van der Waals surface area (Å²) in [6.07, 6.45) is 0.864. The lowest BCUT2D eigenvalue weighted by molar-refractivity contribution is 0.620. The molecule has 0 spiro atoms. The van der Waals surface area contributed by atoms with Gasteiger partial charge in [-0.2, -0.15) is 5.10 Å². The maximum Gasteiger partial charge on any atom is 0.0745 e. The summed E-state index contributed by atoms with van der Waals surface area (Å²) >= 11 is 11.8. The van der Waals surface area contributed by atoms with Crippen molar-refractivity contribution in [1.29, 1.82) is 0 Å². The van der Waals surface area contributed by atoms with Gasteiger partial charge in [-0.3, -0.25) is 0 Å². The summed E-state index contributed by atoms with van der Waals surface area (Å²) in [5.41, 5.74) is 6.52. The largest absolute Gasteiger partial charge is 0.302 e. The van der Waals surface area contributed by atoms with Crippen molar-refractivity contribution in [2.75, 3.05) is 0 Å². The molecule has 2 aromatic rings. The lowest BCUT2D eigenvalue weighted by atomic mass is 9.99. The molecule has 19 heavy (non-hydrogen) atoms. The smallest absolute Gasteiger partial charge is 0.0745 e. The summed E-state index contributed by atoms with van der Waals surface area (Å²) in [6.45, 7) is 0. The van der Waals surface area contributed by atoms with Gasteiger partial charge in [-0.05, 0) is 35.4 Å². The molecule has 2 aromatic carbocycles. The highest BCUT2D eigenvalue weighted by Gasteiger charge is 2.20. The first-order valence-corrected chi connectivity index (χ1v) is 6.81. The molecule has 0 aliphatic carbocycles. The Labute approximate surface area is 122 Å². The second-order valence-corrected chi connectivity index (χ2v) is 5.38. The Kier molecular flexibility index (Phi) is 3.45. The lowest BCUT2D eigenvalue weighted by Crippen LogP contribution is -2.09. The van der Waals surface area contributed by atoms with Gasteiger partial charge >= 0.3 is 0 Å². The molecule has 0 fully saturated rings. The first-order valence-electron chi connectivity index (χ1n) is 6.06. The quantitative estimate of drug-likeness (QED) is 0.869. The normalized spacial score (nSPS) is 18.0. The number of hydrogen-bond donors (Lipinski definition) is 1. The summed E-state index contributed by atoms with van der Waals surface area (Å²) in [4.78, 5) is 0. The number of benzene rings is 2. The van der Waals surface area contributed by atoms with E-state index in [0.717, 1.165) is 27.7 Å². The Morgan fingerprint density at radius 2 is 1.47 bits per heavy atom. The van der Waals surface area contributed by atoms with Crippen LogP contribution in [0.4, 0.5) is 0 Å². The number of rotatable bonds is 2. The molecule has 1 aliphatic heterocycles. The van der Waals surface area contributed by atoms with Gasteiger partial charge in [0.2, 0.25) is 0 Å². The van der Waals surface area contributed by atoms with Crippen LogP contribution in [-0.2, 0) is 0 Å². The average Bonchev–Trinajstić information content (AvgIpc) is 2.90. The van der Waals surface area contributed by atoms with E-state index < -0.39 is 0 Å². The van der Waals surface area contributed by atoms with Crippen LogP contribution in [0.5, 0.6) is 0 Å². The fourth-order valence-electron chi connectivity index (χ4n) is 2.15. The predicted molar refractivity (Wildman–Crippen MR) is 79.9 cm³/mol. The topological polar surface area (TPSA) is 24.4 Å². The van der Waals surface area contributed by atoms with Crippen LogP contribution < -0.4 is 5.43 Å². The lowest BCUT2D eigenvalue weighted by Gasteiger charge is -2.09. The summed E-state index contributed by atoms with van der Waals surface area (Å²) in [5, 5.41) is 5.90. The second-order valence-electron chi connectivity index (χ2n) is 4.50. The molecule has 1 atom stereocenters. The minimum Gasteiger partial charge on any atom is -0.302 e. The highest BCUT2D eigenvalue weighted by molar-refractivity contribution is 6.30. The van der Waals surface area contributed by atoms with Gasteiger partial charge in [0.1, 0.15) is 0 Å². The van der Waals surface area contributed by atoms with Crippen molar-refractivity contribution >= 4 is 28.9 Å². The van der Waals surface area contributed by atoms with Gasteiger partial charge < -0.3 is 5.43 Å². The zero-order valence-electron chi connectivity index (χ0n) is 10.1. The van der Waals surface area contributed by atoms with Gasteiger partial charge in [-0.1, -0.05) is 47.5 Å². The van der Waals surface area contributed by atoms with Crippen LogP contribution in [0.3, 0.4) is 0 Å². The first-order chi connectivity index (χ1) is 9.22. The third-order valence-corrected chi connectivity index (χ3v) is 3.71. The van der Waals surface area contributed by atoms with E-state index >= 15 is 0 Å². The summed E-state index contributed by atoms with van der Waals surface area (Å²) in [6, 6.07) is 15.8. The van der Waals surface area contributed by atoms with E-state index in [-0.39, 0.29) is 6.04 Å². The zero-order valence-corrected chi connectivity index (χ0v) is 11.6. The van der Waals surface area contributed by atoms with E-state index in [2.05, 4.69) is 10.5 Å². The molecule has 1 heterocycles. The first kappa shape index (κ1) is 12.5. The van der Waals surface area contributed by atoms with E-state index in [1.807, 2.05) is 48.5 Å². The molecule has 4 heteroatoms. The van der Waals surface area contributed by atoms with E-state index in [1.54, 1.807) is 0 Å². The van der Waals surface area contributed by atoms with E-state index in [1.165, 1.54) is 5.56 Å². The minimum atomic E-state index is 0.211. The monoisotopic (exact) mass is 290 g/mol. The van der Waals surface area contributed by atoms with Crippen molar-refractivity contribution in [2.45, 2.75) is 12.5 Å². The molecule has 0 saturated heterocycles. The summed E-state index contributed by atoms with van der Waals surface area (Å²) in [5.74, 6) is 0. The molecule has 2 nitrogen and oxygen atoms in total. The third kappa shape index (κ3) is 2.75. The van der Waals surface area contributed by atoms with Crippen LogP contribution in [-0.4, -0.2) is 5.71 Å². The molecule has 96 valence electrons. The molecule has 0 unspecified atom stereocenters. The number of hydrazone groups is 1. The van der Waals surface area contributed by atoms with Crippen LogP contribution in [0.25, 0.3) is 0 Å². The Morgan fingerprint density at radius 3 is 2.11 bits per heavy atom. The fourth-order valence-corrected chi connectivity index (χ4v) is 2.40. The third-order valence-electron chi connectivity index (χ3n) is 3.20. The van der Waals surface area contributed by atoms with Crippen LogP contribution in [0, 0.1) is 0 Å². The Balaban J connectivity index is 1.76. The van der Waals surface area contributed by atoms with E-state index in [0.29, 0.717) is 0 Å². The van der Waals surface area contributed by atoms with Gasteiger partial charge in [0.05, 0.1) is 11.8 Å². The highest BCUT2D eigenvalue weighted by Crippen LogP contribution is 2.25. The molecule has 0 radical (unpaired) electrons. The van der Waals surface area contributed by atoms with Gasteiger partial charge in [-0.15, -0.1) is 0 Å². The number of nitrogens with one attached hydrogen (secondary N) is 1. The van der Waals surface area contributed by atoms with Gasteiger partial charge in [0.25, 0.3) is 0 Å². The van der Waals surface area contributed by atoms with Crippen LogP contribution >= 0.6 is 23.2 Å². The van der Waals surface area contributed by atoms with Crippen molar-refractivity contribution < 1.29 is 0 Å². The van der Waals surface area contributed by atoms with Crippen LogP contribution in [0.1, 0.15) is 23.6 Å². The molecule has 0 bridgehead atoms. The molecule has 0 amide bonds. The average molecular weight is 291 g/mol. The van der Waals surface area contributed by atoms with Crippen LogP contribution in [0.15, 0.2) is 53.6 Å². The second kappa shape index (κ2) is 5.24. The fraction of sp³-hybridized carbons (Fsp3) is 0.133. The maximum absolute atomic E-state index is 5.90. The molecule has 1 aliphatic rings. The van der Waals surface area contributed by atoms with Crippen molar-refractivity contribution in [3.8, 4) is 0 Å². The van der Waals surface area contributed by atoms with E-state index in [4.69, 9.17) is 23.2 Å². The van der Waals surface area contributed by atoms with Crippen molar-refractivity contribution in [3.05, 3.63) is 69.7 Å². The van der Waals surface area contributed by atoms with Crippen molar-refractivity contribution in [2.24, 2.45) is 5.10 Å². The van der Waals surface area contributed by atoms with Crippen molar-refractivity contribution in [1.82, 2.24) is 5.43 Å². The summed E-state index contributed by atoms with van der Waals surface area (Å²) in [7, 11) is 0. The number of halogens is 2. The molecular formula is C15H12Cl2N2. The zero-order chi connectivity index (χ0) is 13.2. The number of hydrogen-bond acceptors (Lipinski definition) is 2. The standard InChI is InChI=1S/C15H12Cl2N2/c16-12-5-1-10(2-6-12)14-9-15(19-18-14)11-3-7-13(17)8-4-11/h1-8,14,18H,9H2/t14-/m1/s1. The molecular weight excluding hydrogens is 279 g/mol. The Hall–Kier alpha value is -1.51. The summed E-state index contributed by atoms with van der Waals surface area (Å²) < 4.78 is 0. The van der Waals surface area contributed by atoms with E-state index in [9.17, 15) is 0 Å². The van der Waals surface area contributed by atoms with Gasteiger partial charge in [-0.25, -0.2) is 0 Å². The number of nitrogens with zero attached hydrogens (tertiary/aromatic N) is 1. The van der Waals surface area contributed by atoms with Crippen LogP contribution in [0.2, 0.25) is 10.0 Å². The predicted octanol–water partition coefficient (Wildman–Crippen LogP) is 4.43. The molecule has 0 saturated carbocycles. The molecule has 0 aromatic heterocycles. The Morgan fingerprint density at radius 1 is 0.895 bits per heavy atom. The van der Waals surface area contributed by atoms with Crippen molar-refractivity contribution in [3.63, 3.8) is 0 Å². The molecule has 3 rings (SSSR count). The highest BCUT2D eigenvalue weighted by atomic mass is 35.5. The Bertz CT molecular complexity index is 603. The maximum atomic E-state index is 5.90. The minimum absolute atomic E-state index is 0.211. The SMILES string of the molecule is Clc1ccc(C2=NN[C@@H](c3ccc(Cl)cc3)C2)cc1. The molecule has 1 N–H and O–H groups in total.